The highest BCUT2D eigenvalue weighted by Gasteiger charge is 2.13. The molecule has 1 heterocycles. The zero-order valence-corrected chi connectivity index (χ0v) is 9.30. The molecule has 0 bridgehead atoms. The van der Waals surface area contributed by atoms with Crippen LogP contribution in [0.15, 0.2) is 6.20 Å². The van der Waals surface area contributed by atoms with Gasteiger partial charge in [0, 0.05) is 11.8 Å². The molecular formula is C12H17NO2. The molecule has 15 heavy (non-hydrogen) atoms. The quantitative estimate of drug-likeness (QED) is 0.443. The van der Waals surface area contributed by atoms with Crippen LogP contribution in [0.5, 0.6) is 0 Å². The van der Waals surface area contributed by atoms with E-state index in [0.717, 1.165) is 37.5 Å². The van der Waals surface area contributed by atoms with Crippen LogP contribution >= 0.6 is 0 Å². The van der Waals surface area contributed by atoms with Gasteiger partial charge in [-0.25, -0.2) is 0 Å². The summed E-state index contributed by atoms with van der Waals surface area (Å²) < 4.78 is 0. The monoisotopic (exact) mass is 207 g/mol. The molecule has 0 unspecified atom stereocenters. The second-order valence-electron chi connectivity index (χ2n) is 3.73. The van der Waals surface area contributed by atoms with Crippen molar-refractivity contribution in [2.75, 3.05) is 0 Å². The molecule has 0 spiro atoms. The zero-order chi connectivity index (χ0) is 11.3. The zero-order valence-electron chi connectivity index (χ0n) is 9.30. The summed E-state index contributed by atoms with van der Waals surface area (Å²) in [6, 6.07) is 0. The van der Waals surface area contributed by atoms with Gasteiger partial charge in [-0.15, -0.1) is 0 Å². The number of aromatic amines is 1. The lowest BCUT2D eigenvalue weighted by atomic mass is 10.0. The lowest BCUT2D eigenvalue weighted by molar-refractivity contribution is 0.101. The standard InChI is InChI=1S/C12H17NO2/c1-3-4-5-6-10-11(9(2)15)7-13-12(10)8-14/h7-8,13H,3-6H2,1-2H3. The maximum atomic E-state index is 11.3. The lowest BCUT2D eigenvalue weighted by Crippen LogP contribution is -1.98. The molecule has 0 aliphatic heterocycles. The van der Waals surface area contributed by atoms with Gasteiger partial charge < -0.3 is 4.98 Å². The van der Waals surface area contributed by atoms with E-state index < -0.39 is 0 Å². The van der Waals surface area contributed by atoms with Crippen LogP contribution in [0.2, 0.25) is 0 Å². The summed E-state index contributed by atoms with van der Waals surface area (Å²) in [4.78, 5) is 24.9. The molecule has 0 fully saturated rings. The van der Waals surface area contributed by atoms with E-state index in [9.17, 15) is 9.59 Å². The van der Waals surface area contributed by atoms with E-state index in [0.29, 0.717) is 11.3 Å². The van der Waals surface area contributed by atoms with Crippen LogP contribution in [0.1, 0.15) is 59.5 Å². The predicted molar refractivity (Wildman–Crippen MR) is 59.4 cm³/mol. The van der Waals surface area contributed by atoms with Crippen molar-refractivity contribution in [3.63, 3.8) is 0 Å². The normalized spacial score (nSPS) is 10.3. The number of nitrogens with one attached hydrogen (secondary N) is 1. The molecule has 82 valence electrons. The number of ketones is 1. The number of aromatic nitrogens is 1. The van der Waals surface area contributed by atoms with Gasteiger partial charge >= 0.3 is 0 Å². The maximum absolute atomic E-state index is 11.3. The van der Waals surface area contributed by atoms with Gasteiger partial charge in [0.2, 0.25) is 0 Å². The first-order valence-electron chi connectivity index (χ1n) is 5.37. The van der Waals surface area contributed by atoms with Gasteiger partial charge in [-0.1, -0.05) is 19.8 Å². The van der Waals surface area contributed by atoms with Crippen LogP contribution < -0.4 is 0 Å². The minimum absolute atomic E-state index is 0.0193. The maximum Gasteiger partial charge on any atom is 0.166 e. The fourth-order valence-corrected chi connectivity index (χ4v) is 1.71. The minimum atomic E-state index is 0.0193. The first kappa shape index (κ1) is 11.7. The highest BCUT2D eigenvalue weighted by atomic mass is 16.1. The Hall–Kier alpha value is -1.38. The van der Waals surface area contributed by atoms with E-state index in [1.54, 1.807) is 6.20 Å². The molecule has 0 saturated heterocycles. The number of unbranched alkanes of at least 4 members (excludes halogenated alkanes) is 2. The molecule has 1 rings (SSSR count). The average molecular weight is 207 g/mol. The van der Waals surface area contributed by atoms with Crippen molar-refractivity contribution in [3.8, 4) is 0 Å². The summed E-state index contributed by atoms with van der Waals surface area (Å²) in [6.45, 7) is 3.66. The highest BCUT2D eigenvalue weighted by Crippen LogP contribution is 2.16. The van der Waals surface area contributed by atoms with Crippen LogP contribution in [0.4, 0.5) is 0 Å². The third-order valence-corrected chi connectivity index (χ3v) is 2.55. The van der Waals surface area contributed by atoms with Gasteiger partial charge in [-0.2, -0.15) is 0 Å². The summed E-state index contributed by atoms with van der Waals surface area (Å²) in [6.07, 6.45) is 6.51. The molecule has 0 radical (unpaired) electrons. The Morgan fingerprint density at radius 1 is 1.47 bits per heavy atom. The van der Waals surface area contributed by atoms with Crippen LogP contribution in [-0.2, 0) is 6.42 Å². The highest BCUT2D eigenvalue weighted by molar-refractivity contribution is 5.97. The average Bonchev–Trinajstić information content (AvgIpc) is 2.61. The van der Waals surface area contributed by atoms with Crippen molar-refractivity contribution >= 4 is 12.1 Å². The third-order valence-electron chi connectivity index (χ3n) is 2.55. The largest absolute Gasteiger partial charge is 0.358 e. The number of rotatable bonds is 6. The van der Waals surface area contributed by atoms with Crippen molar-refractivity contribution in [1.82, 2.24) is 4.98 Å². The first-order chi connectivity index (χ1) is 7.20. The SMILES string of the molecule is CCCCCc1c(C(C)=O)c[nH]c1C=O. The molecular weight excluding hydrogens is 190 g/mol. The fourth-order valence-electron chi connectivity index (χ4n) is 1.71. The van der Waals surface area contributed by atoms with E-state index >= 15 is 0 Å². The van der Waals surface area contributed by atoms with Crippen molar-refractivity contribution < 1.29 is 9.59 Å². The topological polar surface area (TPSA) is 49.9 Å². The van der Waals surface area contributed by atoms with Gasteiger partial charge in [-0.05, 0) is 25.3 Å². The molecule has 3 heteroatoms. The van der Waals surface area contributed by atoms with Gasteiger partial charge in [0.15, 0.2) is 12.1 Å². The van der Waals surface area contributed by atoms with Crippen molar-refractivity contribution in [1.29, 1.82) is 0 Å². The summed E-state index contributed by atoms with van der Waals surface area (Å²) in [7, 11) is 0. The Bertz CT molecular complexity index is 353. The van der Waals surface area contributed by atoms with Crippen LogP contribution in [0.25, 0.3) is 0 Å². The first-order valence-corrected chi connectivity index (χ1v) is 5.37. The summed E-state index contributed by atoms with van der Waals surface area (Å²) in [5.74, 6) is 0.0193. The predicted octanol–water partition coefficient (Wildman–Crippen LogP) is 2.76. The van der Waals surface area contributed by atoms with E-state index in [-0.39, 0.29) is 5.78 Å². The molecule has 0 amide bonds. The number of hydrogen-bond donors (Lipinski definition) is 1. The molecule has 1 aromatic heterocycles. The number of carbonyl (C=O) groups excluding carboxylic acids is 2. The van der Waals surface area contributed by atoms with Crippen molar-refractivity contribution in [2.24, 2.45) is 0 Å². The molecule has 1 aromatic rings. The van der Waals surface area contributed by atoms with E-state index in [4.69, 9.17) is 0 Å². The molecule has 0 aromatic carbocycles. The van der Waals surface area contributed by atoms with Gasteiger partial charge in [0.1, 0.15) is 0 Å². The Labute approximate surface area is 89.9 Å². The van der Waals surface area contributed by atoms with Crippen molar-refractivity contribution in [3.05, 3.63) is 23.0 Å². The lowest BCUT2D eigenvalue weighted by Gasteiger charge is -2.01. The minimum Gasteiger partial charge on any atom is -0.358 e. The van der Waals surface area contributed by atoms with Gasteiger partial charge in [0.05, 0.1) is 5.69 Å². The molecule has 0 aliphatic rings. The van der Waals surface area contributed by atoms with E-state index in [1.165, 1.54) is 6.92 Å². The fraction of sp³-hybridized carbons (Fsp3) is 0.500. The summed E-state index contributed by atoms with van der Waals surface area (Å²) in [5.41, 5.74) is 2.09. The molecule has 3 nitrogen and oxygen atoms in total. The Balaban J connectivity index is 2.85. The second kappa shape index (κ2) is 5.49. The molecule has 0 aliphatic carbocycles. The van der Waals surface area contributed by atoms with Crippen LogP contribution in [-0.4, -0.2) is 17.1 Å². The van der Waals surface area contributed by atoms with Crippen LogP contribution in [0, 0.1) is 0 Å². The number of hydrogen-bond acceptors (Lipinski definition) is 2. The number of aldehydes is 1. The Kier molecular flexibility index (Phi) is 4.28. The molecule has 1 N–H and O–H groups in total. The van der Waals surface area contributed by atoms with Crippen LogP contribution in [0.3, 0.4) is 0 Å². The van der Waals surface area contributed by atoms with E-state index in [2.05, 4.69) is 11.9 Å². The second-order valence-corrected chi connectivity index (χ2v) is 3.73. The number of H-pyrrole nitrogens is 1. The van der Waals surface area contributed by atoms with E-state index in [1.807, 2.05) is 0 Å². The molecule has 0 atom stereocenters. The Morgan fingerprint density at radius 3 is 2.73 bits per heavy atom. The van der Waals surface area contributed by atoms with Gasteiger partial charge in [0.25, 0.3) is 0 Å². The number of Topliss-reactive ketones (excluding diaryl/α,β-unsaturated/α-hetero) is 1. The van der Waals surface area contributed by atoms with Gasteiger partial charge in [-0.3, -0.25) is 9.59 Å². The third kappa shape index (κ3) is 2.78. The summed E-state index contributed by atoms with van der Waals surface area (Å²) >= 11 is 0. The Morgan fingerprint density at radius 2 is 2.20 bits per heavy atom. The summed E-state index contributed by atoms with van der Waals surface area (Å²) in [5, 5.41) is 0. The molecule has 0 saturated carbocycles. The number of carbonyl (C=O) groups is 2. The van der Waals surface area contributed by atoms with Crippen molar-refractivity contribution in [2.45, 2.75) is 39.5 Å². The smallest absolute Gasteiger partial charge is 0.166 e.